The van der Waals surface area contributed by atoms with Crippen LogP contribution >= 0.6 is 34.8 Å². The van der Waals surface area contributed by atoms with Gasteiger partial charge in [0.25, 0.3) is 5.91 Å². The molecule has 0 radical (unpaired) electrons. The first-order chi connectivity index (χ1) is 11.9. The molecule has 2 aromatic carbocycles. The number of rotatable bonds is 6. The Balaban J connectivity index is 1.92. The number of halogens is 3. The number of ether oxygens (including phenoxy) is 2. The second kappa shape index (κ2) is 8.94. The van der Waals surface area contributed by atoms with Gasteiger partial charge in [-0.25, -0.2) is 4.79 Å². The zero-order valence-corrected chi connectivity index (χ0v) is 15.4. The van der Waals surface area contributed by atoms with Crippen molar-refractivity contribution in [3.8, 4) is 5.75 Å². The van der Waals surface area contributed by atoms with Crippen LogP contribution in [0, 0.1) is 0 Å². The molecule has 0 unspecified atom stereocenters. The molecular weight excluding hydrogens is 389 g/mol. The lowest BCUT2D eigenvalue weighted by Gasteiger charge is -2.10. The van der Waals surface area contributed by atoms with E-state index in [4.69, 9.17) is 44.3 Å². The van der Waals surface area contributed by atoms with Crippen molar-refractivity contribution >= 4 is 52.4 Å². The number of nitrogens with one attached hydrogen (secondary N) is 1. The second-order valence-electron chi connectivity index (χ2n) is 4.83. The van der Waals surface area contributed by atoms with Crippen LogP contribution in [-0.2, 0) is 9.53 Å². The third-order valence-electron chi connectivity index (χ3n) is 3.01. The monoisotopic (exact) mass is 401 g/mol. The molecule has 0 aliphatic heterocycles. The molecule has 0 saturated carbocycles. The Kier molecular flexibility index (Phi) is 6.93. The lowest BCUT2D eigenvalue weighted by Crippen LogP contribution is -2.20. The van der Waals surface area contributed by atoms with Crippen LogP contribution in [0.5, 0.6) is 5.75 Å². The highest BCUT2D eigenvalue weighted by atomic mass is 35.5. The Morgan fingerprint density at radius 2 is 1.64 bits per heavy atom. The molecule has 0 spiro atoms. The third kappa shape index (κ3) is 5.53. The van der Waals surface area contributed by atoms with Crippen molar-refractivity contribution in [3.05, 3.63) is 57.0 Å². The fraction of sp³-hybridized carbons (Fsp3) is 0.176. The number of anilines is 1. The van der Waals surface area contributed by atoms with Gasteiger partial charge in [0.05, 0.1) is 27.2 Å². The van der Waals surface area contributed by atoms with E-state index in [0.29, 0.717) is 22.9 Å². The van der Waals surface area contributed by atoms with E-state index in [9.17, 15) is 9.59 Å². The first-order valence-corrected chi connectivity index (χ1v) is 8.38. The van der Waals surface area contributed by atoms with Crippen LogP contribution in [-0.4, -0.2) is 25.1 Å². The fourth-order valence-electron chi connectivity index (χ4n) is 1.86. The Morgan fingerprint density at radius 1 is 1.00 bits per heavy atom. The van der Waals surface area contributed by atoms with E-state index in [1.807, 2.05) is 0 Å². The van der Waals surface area contributed by atoms with Crippen molar-refractivity contribution in [2.45, 2.75) is 6.92 Å². The molecule has 0 bridgehead atoms. The zero-order chi connectivity index (χ0) is 18.4. The largest absolute Gasteiger partial charge is 0.482 e. The Bertz CT molecular complexity index is 778. The van der Waals surface area contributed by atoms with Crippen molar-refractivity contribution in [2.24, 2.45) is 0 Å². The van der Waals surface area contributed by atoms with E-state index in [2.05, 4.69) is 5.32 Å². The van der Waals surface area contributed by atoms with Gasteiger partial charge in [-0.1, -0.05) is 34.8 Å². The molecule has 1 amide bonds. The van der Waals surface area contributed by atoms with Gasteiger partial charge in [-0.15, -0.1) is 0 Å². The summed E-state index contributed by atoms with van der Waals surface area (Å²) in [5.74, 6) is -0.562. The zero-order valence-electron chi connectivity index (χ0n) is 13.1. The normalized spacial score (nSPS) is 10.2. The van der Waals surface area contributed by atoms with Crippen molar-refractivity contribution < 1.29 is 19.1 Å². The number of benzene rings is 2. The van der Waals surface area contributed by atoms with Gasteiger partial charge in [0.1, 0.15) is 5.75 Å². The Hall–Kier alpha value is -1.95. The van der Waals surface area contributed by atoms with Crippen LogP contribution in [0.2, 0.25) is 15.1 Å². The fourth-order valence-corrected chi connectivity index (χ4v) is 2.45. The van der Waals surface area contributed by atoms with E-state index in [1.54, 1.807) is 31.2 Å². The number of hydrogen-bond donors (Lipinski definition) is 1. The van der Waals surface area contributed by atoms with E-state index in [1.165, 1.54) is 12.1 Å². The average molecular weight is 403 g/mol. The molecule has 2 rings (SSSR count). The summed E-state index contributed by atoms with van der Waals surface area (Å²) in [6.07, 6.45) is 0. The molecule has 0 aliphatic rings. The third-order valence-corrected chi connectivity index (χ3v) is 4.03. The maximum Gasteiger partial charge on any atom is 0.338 e. The average Bonchev–Trinajstić information content (AvgIpc) is 2.58. The van der Waals surface area contributed by atoms with E-state index < -0.39 is 11.9 Å². The standard InChI is InChI=1S/C17H14Cl3NO4/c1-2-24-17(23)10-3-5-11(6-4-10)21-16(22)9-25-15-8-13(19)12(18)7-14(15)20/h3-8H,2,9H2,1H3,(H,21,22). The maximum absolute atomic E-state index is 11.9. The number of esters is 1. The van der Waals surface area contributed by atoms with Crippen LogP contribution in [0.25, 0.3) is 0 Å². The van der Waals surface area contributed by atoms with Gasteiger partial charge < -0.3 is 14.8 Å². The summed E-state index contributed by atoms with van der Waals surface area (Å²) in [7, 11) is 0. The van der Waals surface area contributed by atoms with Crippen molar-refractivity contribution in [1.82, 2.24) is 0 Å². The van der Waals surface area contributed by atoms with Gasteiger partial charge in [0.2, 0.25) is 0 Å². The second-order valence-corrected chi connectivity index (χ2v) is 6.05. The van der Waals surface area contributed by atoms with Crippen molar-refractivity contribution in [2.75, 3.05) is 18.5 Å². The van der Waals surface area contributed by atoms with Gasteiger partial charge >= 0.3 is 5.97 Å². The minimum absolute atomic E-state index is 0.251. The predicted octanol–water partition coefficient (Wildman–Crippen LogP) is 4.84. The highest BCUT2D eigenvalue weighted by Crippen LogP contribution is 2.33. The number of carbonyl (C=O) groups is 2. The molecule has 1 N–H and O–H groups in total. The Morgan fingerprint density at radius 3 is 2.28 bits per heavy atom. The highest BCUT2D eigenvalue weighted by molar-refractivity contribution is 6.43. The van der Waals surface area contributed by atoms with Crippen molar-refractivity contribution in [3.63, 3.8) is 0 Å². The molecule has 8 heteroatoms. The van der Waals surface area contributed by atoms with Crippen molar-refractivity contribution in [1.29, 1.82) is 0 Å². The molecule has 0 aromatic heterocycles. The number of carbonyl (C=O) groups excluding carboxylic acids is 2. The van der Waals surface area contributed by atoms with Gasteiger partial charge in [0.15, 0.2) is 6.61 Å². The van der Waals surface area contributed by atoms with Gasteiger partial charge in [-0.05, 0) is 37.3 Å². The van der Waals surface area contributed by atoms with Crippen LogP contribution in [0.3, 0.4) is 0 Å². The summed E-state index contributed by atoms with van der Waals surface area (Å²) >= 11 is 17.7. The summed E-state index contributed by atoms with van der Waals surface area (Å²) in [5, 5.41) is 3.46. The summed E-state index contributed by atoms with van der Waals surface area (Å²) < 4.78 is 10.2. The van der Waals surface area contributed by atoms with Gasteiger partial charge in [-0.2, -0.15) is 0 Å². The number of amides is 1. The minimum Gasteiger partial charge on any atom is -0.482 e. The first-order valence-electron chi connectivity index (χ1n) is 7.25. The minimum atomic E-state index is -0.419. The van der Waals surface area contributed by atoms with Crippen LogP contribution < -0.4 is 10.1 Å². The molecule has 0 saturated heterocycles. The molecule has 0 aliphatic carbocycles. The molecular formula is C17H14Cl3NO4. The van der Waals surface area contributed by atoms with Crippen LogP contribution in [0.4, 0.5) is 5.69 Å². The summed E-state index contributed by atoms with van der Waals surface area (Å²) in [6, 6.07) is 9.18. The summed E-state index contributed by atoms with van der Waals surface area (Å²) in [4.78, 5) is 23.5. The SMILES string of the molecule is CCOC(=O)c1ccc(NC(=O)COc2cc(Cl)c(Cl)cc2Cl)cc1. The maximum atomic E-state index is 11.9. The highest BCUT2D eigenvalue weighted by Gasteiger charge is 2.11. The molecule has 132 valence electrons. The quantitative estimate of drug-likeness (QED) is 0.554. The predicted molar refractivity (Wildman–Crippen MR) is 98.0 cm³/mol. The molecule has 0 atom stereocenters. The van der Waals surface area contributed by atoms with Crippen LogP contribution in [0.15, 0.2) is 36.4 Å². The molecule has 25 heavy (non-hydrogen) atoms. The molecule has 0 fully saturated rings. The molecule has 2 aromatic rings. The van der Waals surface area contributed by atoms with Gasteiger partial charge in [-0.3, -0.25) is 4.79 Å². The van der Waals surface area contributed by atoms with Gasteiger partial charge in [0, 0.05) is 11.8 Å². The van der Waals surface area contributed by atoms with Crippen LogP contribution in [0.1, 0.15) is 17.3 Å². The topological polar surface area (TPSA) is 64.6 Å². The van der Waals surface area contributed by atoms with E-state index in [0.717, 1.165) is 0 Å². The van der Waals surface area contributed by atoms with E-state index >= 15 is 0 Å². The summed E-state index contributed by atoms with van der Waals surface area (Å²) in [6.45, 7) is 1.76. The lowest BCUT2D eigenvalue weighted by atomic mass is 10.2. The smallest absolute Gasteiger partial charge is 0.338 e. The first kappa shape index (κ1) is 19.4. The lowest BCUT2D eigenvalue weighted by molar-refractivity contribution is -0.118. The number of hydrogen-bond acceptors (Lipinski definition) is 4. The molecule has 5 nitrogen and oxygen atoms in total. The Labute approximate surface area is 159 Å². The van der Waals surface area contributed by atoms with E-state index in [-0.39, 0.29) is 22.4 Å². The summed E-state index contributed by atoms with van der Waals surface area (Å²) in [5.41, 5.74) is 0.917. The molecule has 0 heterocycles.